The molecule has 2 saturated carbocycles. The maximum absolute atomic E-state index is 8.56. The van der Waals surface area contributed by atoms with Gasteiger partial charge in [0, 0.05) is 19.5 Å². The summed E-state index contributed by atoms with van der Waals surface area (Å²) < 4.78 is 0. The fraction of sp³-hybridized carbons (Fsp3) is 0.909. The average molecular weight is 211 g/mol. The molecule has 2 aliphatic rings. The molecule has 3 N–H and O–H groups in total. The van der Waals surface area contributed by atoms with Crippen molar-refractivity contribution in [2.24, 2.45) is 22.2 Å². The Hall–Kier alpha value is -0.770. The van der Waals surface area contributed by atoms with Crippen LogP contribution in [0.3, 0.4) is 0 Å². The fourth-order valence-corrected chi connectivity index (χ4v) is 2.37. The van der Waals surface area contributed by atoms with Crippen LogP contribution in [0.15, 0.2) is 5.16 Å². The van der Waals surface area contributed by atoms with Crippen molar-refractivity contribution in [3.63, 3.8) is 0 Å². The molecule has 0 aromatic rings. The van der Waals surface area contributed by atoms with Gasteiger partial charge in [-0.1, -0.05) is 5.16 Å². The Morgan fingerprint density at radius 3 is 2.67 bits per heavy atom. The van der Waals surface area contributed by atoms with E-state index < -0.39 is 0 Å². The summed E-state index contributed by atoms with van der Waals surface area (Å²) >= 11 is 0. The van der Waals surface area contributed by atoms with E-state index in [1.54, 1.807) is 0 Å². The van der Waals surface area contributed by atoms with Crippen LogP contribution in [0.2, 0.25) is 0 Å². The summed E-state index contributed by atoms with van der Waals surface area (Å²) in [6, 6.07) is 0. The normalized spacial score (nSPS) is 24.5. The molecule has 15 heavy (non-hydrogen) atoms. The van der Waals surface area contributed by atoms with Gasteiger partial charge in [-0.05, 0) is 44.1 Å². The molecule has 2 rings (SSSR count). The zero-order valence-electron chi connectivity index (χ0n) is 9.45. The molecule has 0 radical (unpaired) electrons. The highest BCUT2D eigenvalue weighted by Crippen LogP contribution is 2.49. The van der Waals surface area contributed by atoms with Crippen molar-refractivity contribution in [1.29, 1.82) is 0 Å². The predicted molar refractivity (Wildman–Crippen MR) is 59.9 cm³/mol. The van der Waals surface area contributed by atoms with Crippen LogP contribution >= 0.6 is 0 Å². The SMILES string of the molecule is CN(CC1CC1)CC1(CC(N)=NO)CC1. The number of nitrogens with two attached hydrogens (primary N) is 1. The number of hydrogen-bond acceptors (Lipinski definition) is 3. The average Bonchev–Trinajstić information content (AvgIpc) is 3.05. The van der Waals surface area contributed by atoms with Crippen molar-refractivity contribution >= 4 is 5.84 Å². The molecule has 2 aliphatic carbocycles. The highest BCUT2D eigenvalue weighted by Gasteiger charge is 2.44. The molecule has 0 spiro atoms. The van der Waals surface area contributed by atoms with E-state index in [9.17, 15) is 0 Å². The largest absolute Gasteiger partial charge is 0.409 e. The first kappa shape index (κ1) is 10.7. The monoisotopic (exact) mass is 211 g/mol. The van der Waals surface area contributed by atoms with Crippen LogP contribution in [-0.4, -0.2) is 36.1 Å². The van der Waals surface area contributed by atoms with Crippen LogP contribution < -0.4 is 5.73 Å². The Kier molecular flexibility index (Phi) is 2.87. The smallest absolute Gasteiger partial charge is 0.139 e. The Bertz CT molecular complexity index is 257. The number of oxime groups is 1. The second-order valence-corrected chi connectivity index (χ2v) is 5.41. The van der Waals surface area contributed by atoms with Crippen LogP contribution in [-0.2, 0) is 0 Å². The Labute approximate surface area is 91.1 Å². The standard InChI is InChI=1S/C11H21N3O/c1-14(7-9-2-3-9)8-11(4-5-11)6-10(12)13-15/h9,15H,2-8H2,1H3,(H2,12,13). The van der Waals surface area contributed by atoms with Crippen LogP contribution in [0.25, 0.3) is 0 Å². The van der Waals surface area contributed by atoms with Gasteiger partial charge in [0.05, 0.1) is 0 Å². The van der Waals surface area contributed by atoms with Gasteiger partial charge in [-0.2, -0.15) is 0 Å². The molecule has 4 heteroatoms. The quantitative estimate of drug-likeness (QED) is 0.301. The minimum atomic E-state index is 0.319. The van der Waals surface area contributed by atoms with Crippen LogP contribution in [0, 0.1) is 11.3 Å². The van der Waals surface area contributed by atoms with E-state index in [4.69, 9.17) is 10.9 Å². The second-order valence-electron chi connectivity index (χ2n) is 5.41. The maximum Gasteiger partial charge on any atom is 0.139 e. The Morgan fingerprint density at radius 1 is 1.53 bits per heavy atom. The van der Waals surface area contributed by atoms with Crippen molar-refractivity contribution in [2.75, 3.05) is 20.1 Å². The molecule has 0 aliphatic heterocycles. The van der Waals surface area contributed by atoms with E-state index >= 15 is 0 Å². The van der Waals surface area contributed by atoms with Gasteiger partial charge >= 0.3 is 0 Å². The molecular formula is C11H21N3O. The van der Waals surface area contributed by atoms with Gasteiger partial charge in [-0.3, -0.25) is 0 Å². The molecule has 86 valence electrons. The third kappa shape index (κ3) is 3.09. The number of amidine groups is 1. The van der Waals surface area contributed by atoms with Crippen molar-refractivity contribution in [3.8, 4) is 0 Å². The lowest BCUT2D eigenvalue weighted by molar-refractivity contribution is 0.254. The molecule has 0 aromatic heterocycles. The molecule has 0 atom stereocenters. The zero-order valence-corrected chi connectivity index (χ0v) is 9.45. The third-order valence-corrected chi connectivity index (χ3v) is 3.51. The summed E-state index contributed by atoms with van der Waals surface area (Å²) in [4.78, 5) is 2.41. The summed E-state index contributed by atoms with van der Waals surface area (Å²) in [5.41, 5.74) is 5.89. The van der Waals surface area contributed by atoms with Gasteiger partial charge in [0.1, 0.15) is 5.84 Å². The van der Waals surface area contributed by atoms with E-state index in [-0.39, 0.29) is 0 Å². The lowest BCUT2D eigenvalue weighted by Gasteiger charge is -2.23. The second kappa shape index (κ2) is 4.00. The van der Waals surface area contributed by atoms with E-state index in [0.717, 1.165) is 18.9 Å². The van der Waals surface area contributed by atoms with Crippen molar-refractivity contribution in [2.45, 2.75) is 32.1 Å². The number of nitrogens with zero attached hydrogens (tertiary/aromatic N) is 2. The van der Waals surface area contributed by atoms with Crippen molar-refractivity contribution < 1.29 is 5.21 Å². The Balaban J connectivity index is 1.76. The molecule has 0 saturated heterocycles. The van der Waals surface area contributed by atoms with Crippen LogP contribution in [0.4, 0.5) is 0 Å². The molecule has 2 fully saturated rings. The van der Waals surface area contributed by atoms with E-state index in [1.807, 2.05) is 0 Å². The van der Waals surface area contributed by atoms with Gasteiger partial charge in [0.15, 0.2) is 0 Å². The van der Waals surface area contributed by atoms with E-state index in [2.05, 4.69) is 17.1 Å². The van der Waals surface area contributed by atoms with Gasteiger partial charge in [-0.15, -0.1) is 0 Å². The minimum Gasteiger partial charge on any atom is -0.409 e. The van der Waals surface area contributed by atoms with Gasteiger partial charge in [-0.25, -0.2) is 0 Å². The summed E-state index contributed by atoms with van der Waals surface area (Å²) in [5, 5.41) is 11.6. The van der Waals surface area contributed by atoms with Gasteiger partial charge in [0.25, 0.3) is 0 Å². The highest BCUT2D eigenvalue weighted by atomic mass is 16.4. The summed E-state index contributed by atoms with van der Waals surface area (Å²) in [5.74, 6) is 1.32. The number of hydrogen-bond donors (Lipinski definition) is 2. The summed E-state index contributed by atoms with van der Waals surface area (Å²) in [6.45, 7) is 2.32. The third-order valence-electron chi connectivity index (χ3n) is 3.51. The van der Waals surface area contributed by atoms with Crippen molar-refractivity contribution in [1.82, 2.24) is 4.90 Å². The zero-order chi connectivity index (χ0) is 10.9. The molecule has 0 unspecified atom stereocenters. The molecule has 0 amide bonds. The first-order valence-corrected chi connectivity index (χ1v) is 5.78. The molecule has 4 nitrogen and oxygen atoms in total. The van der Waals surface area contributed by atoms with Gasteiger partial charge in [0.2, 0.25) is 0 Å². The van der Waals surface area contributed by atoms with Crippen molar-refractivity contribution in [3.05, 3.63) is 0 Å². The van der Waals surface area contributed by atoms with Crippen LogP contribution in [0.5, 0.6) is 0 Å². The lowest BCUT2D eigenvalue weighted by atomic mass is 10.0. The lowest BCUT2D eigenvalue weighted by Crippen LogP contribution is -2.31. The number of rotatable bonds is 6. The molecule has 0 aromatic carbocycles. The first-order valence-electron chi connectivity index (χ1n) is 5.78. The molecule has 0 heterocycles. The first-order chi connectivity index (χ1) is 7.13. The fourth-order valence-electron chi connectivity index (χ4n) is 2.37. The van der Waals surface area contributed by atoms with E-state index in [0.29, 0.717) is 11.3 Å². The Morgan fingerprint density at radius 2 is 2.20 bits per heavy atom. The predicted octanol–water partition coefficient (Wildman–Crippen LogP) is 1.24. The van der Waals surface area contributed by atoms with Gasteiger partial charge < -0.3 is 15.8 Å². The van der Waals surface area contributed by atoms with E-state index in [1.165, 1.54) is 32.2 Å². The maximum atomic E-state index is 8.56. The molecular weight excluding hydrogens is 190 g/mol. The topological polar surface area (TPSA) is 61.8 Å². The summed E-state index contributed by atoms with van der Waals surface area (Å²) in [7, 11) is 2.19. The highest BCUT2D eigenvalue weighted by molar-refractivity contribution is 5.80. The minimum absolute atomic E-state index is 0.319. The summed E-state index contributed by atoms with van der Waals surface area (Å²) in [6.07, 6.45) is 5.99. The van der Waals surface area contributed by atoms with Crippen LogP contribution in [0.1, 0.15) is 32.1 Å². The molecule has 0 bridgehead atoms.